The monoisotopic (exact) mass is 233 g/mol. The van der Waals surface area contributed by atoms with Crippen LogP contribution in [0.15, 0.2) is 34.9 Å². The number of oxazole rings is 1. The molecular formula is C14H16FNO. The fraction of sp³-hybridized carbons (Fsp3) is 0.357. The van der Waals surface area contributed by atoms with Crippen molar-refractivity contribution in [1.82, 2.24) is 4.98 Å². The van der Waals surface area contributed by atoms with Crippen molar-refractivity contribution >= 4 is 0 Å². The summed E-state index contributed by atoms with van der Waals surface area (Å²) in [7, 11) is 0. The number of nitrogens with zero attached hydrogens (tertiary/aromatic N) is 1. The highest BCUT2D eigenvalue weighted by molar-refractivity contribution is 5.52. The third kappa shape index (κ3) is 3.16. The van der Waals surface area contributed by atoms with Gasteiger partial charge in [0, 0.05) is 5.56 Å². The molecule has 0 radical (unpaired) electrons. The molecule has 0 atom stereocenters. The van der Waals surface area contributed by atoms with Gasteiger partial charge in [-0.2, -0.15) is 0 Å². The zero-order chi connectivity index (χ0) is 12.5. The summed E-state index contributed by atoms with van der Waals surface area (Å²) < 4.78 is 18.2. The van der Waals surface area contributed by atoms with Crippen molar-refractivity contribution in [2.45, 2.75) is 27.2 Å². The average molecular weight is 233 g/mol. The van der Waals surface area contributed by atoms with Gasteiger partial charge in [-0.1, -0.05) is 20.8 Å². The number of hydrogen-bond acceptors (Lipinski definition) is 2. The van der Waals surface area contributed by atoms with E-state index in [1.165, 1.54) is 12.1 Å². The molecule has 90 valence electrons. The molecule has 17 heavy (non-hydrogen) atoms. The van der Waals surface area contributed by atoms with Gasteiger partial charge in [-0.15, -0.1) is 0 Å². The zero-order valence-electron chi connectivity index (χ0n) is 10.3. The molecule has 2 aromatic rings. The summed E-state index contributed by atoms with van der Waals surface area (Å²) in [5, 5.41) is 0. The predicted octanol–water partition coefficient (Wildman–Crippen LogP) is 4.07. The molecule has 2 nitrogen and oxygen atoms in total. The van der Waals surface area contributed by atoms with E-state index >= 15 is 0 Å². The van der Waals surface area contributed by atoms with Crippen molar-refractivity contribution in [2.75, 3.05) is 0 Å². The molecular weight excluding hydrogens is 217 g/mol. The molecule has 0 spiro atoms. The molecule has 0 bridgehead atoms. The first-order chi connectivity index (χ1) is 7.94. The number of rotatable bonds is 2. The Morgan fingerprint density at radius 1 is 1.18 bits per heavy atom. The Labute approximate surface area is 100 Å². The summed E-state index contributed by atoms with van der Waals surface area (Å²) in [5.41, 5.74) is 1.90. The van der Waals surface area contributed by atoms with Crippen LogP contribution in [-0.2, 0) is 6.42 Å². The van der Waals surface area contributed by atoms with Crippen LogP contribution in [-0.4, -0.2) is 4.98 Å². The Bertz CT molecular complexity index is 494. The lowest BCUT2D eigenvalue weighted by atomic mass is 9.91. The van der Waals surface area contributed by atoms with Gasteiger partial charge in [-0.25, -0.2) is 9.37 Å². The third-order valence-electron chi connectivity index (χ3n) is 2.35. The van der Waals surface area contributed by atoms with Crippen molar-refractivity contribution in [3.05, 3.63) is 42.0 Å². The van der Waals surface area contributed by atoms with Crippen LogP contribution in [0.25, 0.3) is 11.5 Å². The number of halogens is 1. The molecule has 0 saturated heterocycles. The van der Waals surface area contributed by atoms with Crippen LogP contribution in [0.4, 0.5) is 4.39 Å². The average Bonchev–Trinajstić information content (AvgIpc) is 2.64. The van der Waals surface area contributed by atoms with Crippen LogP contribution < -0.4 is 0 Å². The molecule has 0 saturated carbocycles. The first kappa shape index (κ1) is 11.8. The SMILES string of the molecule is CC(C)(C)Cc1coc(-c2ccc(F)cc2)n1. The highest BCUT2D eigenvalue weighted by Crippen LogP contribution is 2.23. The van der Waals surface area contributed by atoms with E-state index in [4.69, 9.17) is 4.42 Å². The Balaban J connectivity index is 2.21. The zero-order valence-corrected chi connectivity index (χ0v) is 10.3. The van der Waals surface area contributed by atoms with Crippen LogP contribution in [0.3, 0.4) is 0 Å². The lowest BCUT2D eigenvalue weighted by Crippen LogP contribution is -2.09. The third-order valence-corrected chi connectivity index (χ3v) is 2.35. The maximum Gasteiger partial charge on any atom is 0.226 e. The van der Waals surface area contributed by atoms with E-state index in [2.05, 4.69) is 25.8 Å². The van der Waals surface area contributed by atoms with Crippen molar-refractivity contribution in [3.63, 3.8) is 0 Å². The van der Waals surface area contributed by atoms with Gasteiger partial charge in [0.05, 0.1) is 5.69 Å². The Morgan fingerprint density at radius 3 is 2.41 bits per heavy atom. The summed E-state index contributed by atoms with van der Waals surface area (Å²) in [6.07, 6.45) is 2.53. The fourth-order valence-electron chi connectivity index (χ4n) is 1.66. The number of hydrogen-bond donors (Lipinski definition) is 0. The van der Waals surface area contributed by atoms with E-state index in [1.807, 2.05) is 0 Å². The number of aromatic nitrogens is 1. The van der Waals surface area contributed by atoms with Gasteiger partial charge in [-0.3, -0.25) is 0 Å². The van der Waals surface area contributed by atoms with Crippen molar-refractivity contribution in [2.24, 2.45) is 5.41 Å². The van der Waals surface area contributed by atoms with E-state index in [9.17, 15) is 4.39 Å². The summed E-state index contributed by atoms with van der Waals surface area (Å²) in [6.45, 7) is 6.46. The second-order valence-electron chi connectivity index (χ2n) is 5.39. The maximum absolute atomic E-state index is 12.8. The molecule has 0 unspecified atom stereocenters. The number of benzene rings is 1. The van der Waals surface area contributed by atoms with Crippen molar-refractivity contribution in [1.29, 1.82) is 0 Å². The maximum atomic E-state index is 12.8. The quantitative estimate of drug-likeness (QED) is 0.781. The summed E-state index contributed by atoms with van der Waals surface area (Å²) >= 11 is 0. The molecule has 1 aromatic carbocycles. The van der Waals surface area contributed by atoms with Gasteiger partial charge in [0.15, 0.2) is 0 Å². The minimum atomic E-state index is -0.254. The van der Waals surface area contributed by atoms with E-state index in [-0.39, 0.29) is 11.2 Å². The highest BCUT2D eigenvalue weighted by atomic mass is 19.1. The molecule has 1 heterocycles. The molecule has 0 aliphatic rings. The summed E-state index contributed by atoms with van der Waals surface area (Å²) in [4.78, 5) is 4.41. The summed E-state index contributed by atoms with van der Waals surface area (Å²) in [5.74, 6) is 0.291. The van der Waals surface area contributed by atoms with E-state index in [0.29, 0.717) is 5.89 Å². The van der Waals surface area contributed by atoms with Crippen molar-refractivity contribution in [3.8, 4) is 11.5 Å². The van der Waals surface area contributed by atoms with E-state index in [1.54, 1.807) is 18.4 Å². The highest BCUT2D eigenvalue weighted by Gasteiger charge is 2.15. The van der Waals surface area contributed by atoms with Gasteiger partial charge >= 0.3 is 0 Å². The summed E-state index contributed by atoms with van der Waals surface area (Å²) in [6, 6.07) is 6.15. The minimum Gasteiger partial charge on any atom is -0.444 e. The lowest BCUT2D eigenvalue weighted by molar-refractivity contribution is 0.405. The molecule has 2 rings (SSSR count). The van der Waals surface area contributed by atoms with E-state index < -0.39 is 0 Å². The Morgan fingerprint density at radius 2 is 1.82 bits per heavy atom. The van der Waals surface area contributed by atoms with E-state index in [0.717, 1.165) is 17.7 Å². The topological polar surface area (TPSA) is 26.0 Å². The van der Waals surface area contributed by atoms with Crippen LogP contribution >= 0.6 is 0 Å². The second-order valence-corrected chi connectivity index (χ2v) is 5.39. The molecule has 0 fully saturated rings. The first-order valence-electron chi connectivity index (χ1n) is 5.64. The second kappa shape index (κ2) is 4.32. The largest absolute Gasteiger partial charge is 0.444 e. The van der Waals surface area contributed by atoms with Gasteiger partial charge in [0.1, 0.15) is 12.1 Å². The standard InChI is InChI=1S/C14H16FNO/c1-14(2,3)8-12-9-17-13(16-12)10-4-6-11(15)7-5-10/h4-7,9H,8H2,1-3H3. The smallest absolute Gasteiger partial charge is 0.226 e. The molecule has 0 amide bonds. The van der Waals surface area contributed by atoms with Crippen molar-refractivity contribution < 1.29 is 8.81 Å². The molecule has 1 aromatic heterocycles. The Kier molecular flexibility index (Phi) is 3.01. The van der Waals surface area contributed by atoms with Crippen LogP contribution in [0, 0.1) is 11.2 Å². The van der Waals surface area contributed by atoms with Gasteiger partial charge in [-0.05, 0) is 36.1 Å². The molecule has 3 heteroatoms. The van der Waals surface area contributed by atoms with Crippen LogP contribution in [0.2, 0.25) is 0 Å². The minimum absolute atomic E-state index is 0.178. The molecule has 0 aliphatic heterocycles. The van der Waals surface area contributed by atoms with Crippen LogP contribution in [0.5, 0.6) is 0 Å². The molecule has 0 N–H and O–H groups in total. The van der Waals surface area contributed by atoms with Gasteiger partial charge in [0.25, 0.3) is 0 Å². The Hall–Kier alpha value is -1.64. The molecule has 0 aliphatic carbocycles. The first-order valence-corrected chi connectivity index (χ1v) is 5.64. The van der Waals surface area contributed by atoms with Gasteiger partial charge in [0.2, 0.25) is 5.89 Å². The predicted molar refractivity (Wildman–Crippen MR) is 65.1 cm³/mol. The normalized spacial score (nSPS) is 11.8. The fourth-order valence-corrected chi connectivity index (χ4v) is 1.66. The van der Waals surface area contributed by atoms with Crippen LogP contribution in [0.1, 0.15) is 26.5 Å². The lowest BCUT2D eigenvalue weighted by Gasteiger charge is -2.15. The van der Waals surface area contributed by atoms with Gasteiger partial charge < -0.3 is 4.42 Å².